The molecule has 0 aliphatic rings. The lowest BCUT2D eigenvalue weighted by Crippen LogP contribution is -1.92. The minimum Gasteiger partial charge on any atom is -0.230 e. The Labute approximate surface area is 76.6 Å². The van der Waals surface area contributed by atoms with Gasteiger partial charge >= 0.3 is 0 Å². The molecule has 2 aromatic rings. The van der Waals surface area contributed by atoms with Crippen molar-refractivity contribution in [2.24, 2.45) is 7.05 Å². The van der Waals surface area contributed by atoms with E-state index in [2.05, 4.69) is 29.0 Å². The summed E-state index contributed by atoms with van der Waals surface area (Å²) >= 11 is 0. The number of aryl methyl sites for hydroxylation is 3. The molecule has 2 heterocycles. The first-order valence-electron chi connectivity index (χ1n) is 4.24. The van der Waals surface area contributed by atoms with Crippen molar-refractivity contribution in [2.75, 3.05) is 0 Å². The van der Waals surface area contributed by atoms with E-state index in [9.17, 15) is 0 Å². The maximum atomic E-state index is 4.36. The second-order valence-electron chi connectivity index (χ2n) is 3.31. The molecule has 4 nitrogen and oxygen atoms in total. The summed E-state index contributed by atoms with van der Waals surface area (Å²) in [6.07, 6.45) is 0. The van der Waals surface area contributed by atoms with Crippen molar-refractivity contribution in [2.45, 2.75) is 20.8 Å². The van der Waals surface area contributed by atoms with Crippen LogP contribution in [0.25, 0.3) is 11.2 Å². The molecule has 68 valence electrons. The average Bonchev–Trinajstić information content (AvgIpc) is 2.42. The second-order valence-corrected chi connectivity index (χ2v) is 3.31. The van der Waals surface area contributed by atoms with E-state index in [1.165, 1.54) is 11.1 Å². The van der Waals surface area contributed by atoms with Crippen LogP contribution in [0.1, 0.15) is 16.8 Å². The predicted molar refractivity (Wildman–Crippen MR) is 50.5 cm³/mol. The van der Waals surface area contributed by atoms with Gasteiger partial charge in [0.1, 0.15) is 5.52 Å². The van der Waals surface area contributed by atoms with Crippen molar-refractivity contribution in [3.63, 3.8) is 0 Å². The van der Waals surface area contributed by atoms with Crippen LogP contribution in [0.3, 0.4) is 0 Å². The quantitative estimate of drug-likeness (QED) is 0.607. The summed E-state index contributed by atoms with van der Waals surface area (Å²) in [5.74, 6) is 0. The number of hydrogen-bond acceptors (Lipinski definition) is 3. The third kappa shape index (κ3) is 1.09. The highest BCUT2D eigenvalue weighted by Crippen LogP contribution is 2.17. The van der Waals surface area contributed by atoms with E-state index >= 15 is 0 Å². The molecule has 13 heavy (non-hydrogen) atoms. The van der Waals surface area contributed by atoms with Gasteiger partial charge < -0.3 is 0 Å². The van der Waals surface area contributed by atoms with E-state index in [4.69, 9.17) is 0 Å². The molecule has 0 unspecified atom stereocenters. The zero-order valence-corrected chi connectivity index (χ0v) is 8.29. The lowest BCUT2D eigenvalue weighted by atomic mass is 10.1. The van der Waals surface area contributed by atoms with Gasteiger partial charge in [0.2, 0.25) is 5.65 Å². The van der Waals surface area contributed by atoms with Gasteiger partial charge in [-0.15, -0.1) is 5.10 Å². The number of rotatable bonds is 0. The van der Waals surface area contributed by atoms with E-state index in [1.807, 2.05) is 14.0 Å². The number of hydrogen-bond donors (Lipinski definition) is 0. The first-order chi connectivity index (χ1) is 6.09. The highest BCUT2D eigenvalue weighted by atomic mass is 15.5. The molecule has 2 aromatic heterocycles. The molecule has 0 bridgehead atoms. The summed E-state index contributed by atoms with van der Waals surface area (Å²) in [4.78, 5) is 5.92. The van der Waals surface area contributed by atoms with E-state index < -0.39 is 0 Å². The highest BCUT2D eigenvalue weighted by Gasteiger charge is 2.09. The first kappa shape index (κ1) is 8.16. The highest BCUT2D eigenvalue weighted by molar-refractivity contribution is 5.74. The van der Waals surface area contributed by atoms with Crippen LogP contribution in [-0.2, 0) is 7.05 Å². The molecule has 0 N–H and O–H groups in total. The smallest absolute Gasteiger partial charge is 0.202 e. The van der Waals surface area contributed by atoms with Crippen LogP contribution >= 0.6 is 0 Å². The number of aromatic nitrogens is 4. The molecule has 0 fully saturated rings. The van der Waals surface area contributed by atoms with Crippen LogP contribution in [0.15, 0.2) is 0 Å². The fourth-order valence-electron chi connectivity index (χ4n) is 1.41. The minimum absolute atomic E-state index is 0.739. The third-order valence-corrected chi connectivity index (χ3v) is 2.43. The molecule has 0 aliphatic carbocycles. The molecule has 4 heteroatoms. The molecule has 2 rings (SSSR count). The lowest BCUT2D eigenvalue weighted by molar-refractivity contribution is 0.663. The third-order valence-electron chi connectivity index (χ3n) is 2.43. The Hall–Kier alpha value is -1.45. The van der Waals surface area contributed by atoms with Crippen LogP contribution in [0.2, 0.25) is 0 Å². The zero-order chi connectivity index (χ0) is 9.59. The van der Waals surface area contributed by atoms with Gasteiger partial charge in [0, 0.05) is 12.7 Å². The Morgan fingerprint density at radius 1 is 1.00 bits per heavy atom. The zero-order valence-electron chi connectivity index (χ0n) is 8.29. The van der Waals surface area contributed by atoms with Gasteiger partial charge in [-0.2, -0.15) is 9.90 Å². The van der Waals surface area contributed by atoms with Gasteiger partial charge in [-0.1, -0.05) is 0 Å². The molecular weight excluding hydrogens is 164 g/mol. The predicted octanol–water partition coefficient (Wildman–Crippen LogP) is 1.29. The average molecular weight is 176 g/mol. The van der Waals surface area contributed by atoms with Crippen molar-refractivity contribution in [3.8, 4) is 0 Å². The summed E-state index contributed by atoms with van der Waals surface area (Å²) in [5.41, 5.74) is 5.06. The van der Waals surface area contributed by atoms with Gasteiger partial charge in [0.25, 0.3) is 0 Å². The standard InChI is InChI=1S/C9H12N4/c1-5-6(2)8-9(10-7(5)3)12-13(4)11-8/h1-4H3. The van der Waals surface area contributed by atoms with Crippen LogP contribution < -0.4 is 0 Å². The van der Waals surface area contributed by atoms with Crippen molar-refractivity contribution in [1.29, 1.82) is 0 Å². The summed E-state index contributed by atoms with van der Waals surface area (Å²) in [6, 6.07) is 0. The Morgan fingerprint density at radius 2 is 1.69 bits per heavy atom. The summed E-state index contributed by atoms with van der Waals surface area (Å²) in [5, 5.41) is 8.43. The van der Waals surface area contributed by atoms with Crippen LogP contribution in [-0.4, -0.2) is 20.0 Å². The maximum Gasteiger partial charge on any atom is 0.202 e. The largest absolute Gasteiger partial charge is 0.230 e. The molecule has 0 aromatic carbocycles. The molecule has 0 atom stereocenters. The monoisotopic (exact) mass is 176 g/mol. The van der Waals surface area contributed by atoms with Crippen LogP contribution in [0.5, 0.6) is 0 Å². The van der Waals surface area contributed by atoms with Gasteiger partial charge in [-0.3, -0.25) is 0 Å². The second kappa shape index (κ2) is 2.52. The lowest BCUT2D eigenvalue weighted by Gasteiger charge is -2.01. The summed E-state index contributed by atoms with van der Waals surface area (Å²) in [7, 11) is 1.81. The fraction of sp³-hybridized carbons (Fsp3) is 0.444. The van der Waals surface area contributed by atoms with E-state index in [-0.39, 0.29) is 0 Å². The summed E-state index contributed by atoms with van der Waals surface area (Å²) < 4.78 is 0. The van der Waals surface area contributed by atoms with E-state index in [0.29, 0.717) is 0 Å². The van der Waals surface area contributed by atoms with Gasteiger partial charge in [-0.05, 0) is 31.9 Å². The van der Waals surface area contributed by atoms with Crippen molar-refractivity contribution < 1.29 is 0 Å². The Bertz CT molecular complexity index is 470. The summed E-state index contributed by atoms with van der Waals surface area (Å²) in [6.45, 7) is 6.11. The SMILES string of the molecule is Cc1nc2nn(C)nc2c(C)c1C. The molecular formula is C9H12N4. The van der Waals surface area contributed by atoms with Gasteiger partial charge in [-0.25, -0.2) is 4.98 Å². The number of pyridine rings is 1. The Kier molecular flexibility index (Phi) is 1.58. The molecule has 0 amide bonds. The number of nitrogens with zero attached hydrogens (tertiary/aromatic N) is 4. The molecule has 0 radical (unpaired) electrons. The van der Waals surface area contributed by atoms with Crippen LogP contribution in [0.4, 0.5) is 0 Å². The van der Waals surface area contributed by atoms with Gasteiger partial charge in [0.15, 0.2) is 0 Å². The fourth-order valence-corrected chi connectivity index (χ4v) is 1.41. The number of fused-ring (bicyclic) bond motifs is 1. The van der Waals surface area contributed by atoms with Gasteiger partial charge in [0.05, 0.1) is 0 Å². The normalized spacial score (nSPS) is 11.1. The van der Waals surface area contributed by atoms with Crippen molar-refractivity contribution in [1.82, 2.24) is 20.0 Å². The van der Waals surface area contributed by atoms with E-state index in [1.54, 1.807) is 4.80 Å². The minimum atomic E-state index is 0.739. The van der Waals surface area contributed by atoms with Crippen molar-refractivity contribution >= 4 is 11.2 Å². The maximum absolute atomic E-state index is 4.36. The molecule has 0 saturated heterocycles. The van der Waals surface area contributed by atoms with Crippen molar-refractivity contribution in [3.05, 3.63) is 16.8 Å². The topological polar surface area (TPSA) is 43.6 Å². The Balaban J connectivity index is 2.92. The van der Waals surface area contributed by atoms with E-state index in [0.717, 1.165) is 16.9 Å². The molecule has 0 aliphatic heterocycles. The van der Waals surface area contributed by atoms with Crippen LogP contribution in [0, 0.1) is 20.8 Å². The molecule has 0 spiro atoms. The first-order valence-corrected chi connectivity index (χ1v) is 4.24. The molecule has 0 saturated carbocycles. The Morgan fingerprint density at radius 3 is 2.38 bits per heavy atom.